The Balaban J connectivity index is 1.53. The fourth-order valence-electron chi connectivity index (χ4n) is 4.01. The SMILES string of the molecule is O=C(CC1(O)CCCC1)NCc1ccccc1CN1CCCCC1. The average molecular weight is 330 g/mol. The molecule has 3 rings (SSSR count). The van der Waals surface area contributed by atoms with E-state index in [4.69, 9.17) is 0 Å². The molecule has 2 aliphatic rings. The van der Waals surface area contributed by atoms with Crippen molar-refractivity contribution in [2.75, 3.05) is 13.1 Å². The molecule has 0 aromatic heterocycles. The second-order valence-corrected chi connectivity index (χ2v) is 7.49. The van der Waals surface area contributed by atoms with Gasteiger partial charge in [0.25, 0.3) is 0 Å². The summed E-state index contributed by atoms with van der Waals surface area (Å²) >= 11 is 0. The molecule has 0 unspecified atom stereocenters. The molecular weight excluding hydrogens is 300 g/mol. The smallest absolute Gasteiger partial charge is 0.223 e. The molecular formula is C20H30N2O2. The van der Waals surface area contributed by atoms with Crippen LogP contribution in [-0.2, 0) is 17.9 Å². The molecule has 4 nitrogen and oxygen atoms in total. The summed E-state index contributed by atoms with van der Waals surface area (Å²) in [6, 6.07) is 8.38. The van der Waals surface area contributed by atoms with E-state index in [1.807, 2.05) is 6.07 Å². The third-order valence-electron chi connectivity index (χ3n) is 5.46. The fourth-order valence-corrected chi connectivity index (χ4v) is 4.01. The highest BCUT2D eigenvalue weighted by Gasteiger charge is 2.33. The Hall–Kier alpha value is -1.39. The number of benzene rings is 1. The van der Waals surface area contributed by atoms with Crippen LogP contribution in [0.1, 0.15) is 62.5 Å². The molecule has 1 amide bonds. The van der Waals surface area contributed by atoms with E-state index in [0.29, 0.717) is 6.54 Å². The Morgan fingerprint density at radius 3 is 2.42 bits per heavy atom. The van der Waals surface area contributed by atoms with E-state index in [0.717, 1.165) is 32.2 Å². The molecule has 0 bridgehead atoms. The molecule has 1 aromatic rings. The molecule has 4 heteroatoms. The van der Waals surface area contributed by atoms with Crippen molar-refractivity contribution in [2.24, 2.45) is 0 Å². The number of hydrogen-bond acceptors (Lipinski definition) is 3. The minimum atomic E-state index is -0.766. The number of aliphatic hydroxyl groups is 1. The number of amides is 1. The van der Waals surface area contributed by atoms with Crippen LogP contribution in [0.5, 0.6) is 0 Å². The fraction of sp³-hybridized carbons (Fsp3) is 0.650. The zero-order chi connectivity index (χ0) is 16.8. The van der Waals surface area contributed by atoms with E-state index in [1.54, 1.807) is 0 Å². The van der Waals surface area contributed by atoms with Crippen LogP contribution in [0.4, 0.5) is 0 Å². The Labute approximate surface area is 145 Å². The molecule has 0 atom stereocenters. The van der Waals surface area contributed by atoms with Gasteiger partial charge >= 0.3 is 0 Å². The number of likely N-dealkylation sites (tertiary alicyclic amines) is 1. The van der Waals surface area contributed by atoms with Crippen LogP contribution in [0, 0.1) is 0 Å². The van der Waals surface area contributed by atoms with E-state index >= 15 is 0 Å². The van der Waals surface area contributed by atoms with Crippen LogP contribution in [0.2, 0.25) is 0 Å². The summed E-state index contributed by atoms with van der Waals surface area (Å²) in [6.45, 7) is 3.87. The summed E-state index contributed by atoms with van der Waals surface area (Å²) in [5, 5.41) is 13.4. The van der Waals surface area contributed by atoms with Gasteiger partial charge in [0.1, 0.15) is 0 Å². The third kappa shape index (κ3) is 4.81. The van der Waals surface area contributed by atoms with Crippen LogP contribution in [0.25, 0.3) is 0 Å². The maximum atomic E-state index is 12.2. The lowest BCUT2D eigenvalue weighted by Gasteiger charge is -2.27. The summed E-state index contributed by atoms with van der Waals surface area (Å²) in [6.07, 6.45) is 7.73. The van der Waals surface area contributed by atoms with Crippen LogP contribution in [0.15, 0.2) is 24.3 Å². The largest absolute Gasteiger partial charge is 0.389 e. The molecule has 1 aromatic carbocycles. The van der Waals surface area contributed by atoms with Crippen LogP contribution >= 0.6 is 0 Å². The first-order valence-electron chi connectivity index (χ1n) is 9.43. The summed E-state index contributed by atoms with van der Waals surface area (Å²) in [7, 11) is 0. The zero-order valence-corrected chi connectivity index (χ0v) is 14.6. The van der Waals surface area contributed by atoms with Gasteiger partial charge in [0.05, 0.1) is 12.0 Å². The summed E-state index contributed by atoms with van der Waals surface area (Å²) in [5.74, 6) is -0.0350. The van der Waals surface area contributed by atoms with E-state index in [1.165, 1.54) is 43.5 Å². The van der Waals surface area contributed by atoms with E-state index in [2.05, 4.69) is 28.4 Å². The molecule has 1 aliphatic carbocycles. The number of piperidine rings is 1. The molecule has 1 saturated heterocycles. The van der Waals surface area contributed by atoms with Crippen molar-refractivity contribution in [1.29, 1.82) is 0 Å². The highest BCUT2D eigenvalue weighted by molar-refractivity contribution is 5.77. The Morgan fingerprint density at radius 2 is 1.71 bits per heavy atom. The second-order valence-electron chi connectivity index (χ2n) is 7.49. The van der Waals surface area contributed by atoms with Crippen molar-refractivity contribution in [2.45, 2.75) is 70.1 Å². The van der Waals surface area contributed by atoms with Crippen molar-refractivity contribution in [3.8, 4) is 0 Å². The number of carbonyl (C=O) groups is 1. The number of carbonyl (C=O) groups excluding carboxylic acids is 1. The third-order valence-corrected chi connectivity index (χ3v) is 5.46. The Morgan fingerprint density at radius 1 is 1.04 bits per heavy atom. The van der Waals surface area contributed by atoms with Crippen molar-refractivity contribution in [3.05, 3.63) is 35.4 Å². The molecule has 1 aliphatic heterocycles. The van der Waals surface area contributed by atoms with Gasteiger partial charge in [-0.3, -0.25) is 9.69 Å². The Bertz CT molecular complexity index is 546. The zero-order valence-electron chi connectivity index (χ0n) is 14.6. The Kier molecular flexibility index (Phi) is 5.90. The van der Waals surface area contributed by atoms with E-state index in [9.17, 15) is 9.90 Å². The topological polar surface area (TPSA) is 52.6 Å². The lowest BCUT2D eigenvalue weighted by atomic mass is 9.97. The summed E-state index contributed by atoms with van der Waals surface area (Å²) < 4.78 is 0. The van der Waals surface area contributed by atoms with Crippen molar-refractivity contribution >= 4 is 5.91 Å². The van der Waals surface area contributed by atoms with Crippen molar-refractivity contribution in [3.63, 3.8) is 0 Å². The minimum Gasteiger partial charge on any atom is -0.389 e. The van der Waals surface area contributed by atoms with Gasteiger partial charge in [0.2, 0.25) is 5.91 Å². The second kappa shape index (κ2) is 8.13. The van der Waals surface area contributed by atoms with Crippen molar-refractivity contribution < 1.29 is 9.90 Å². The first kappa shape index (κ1) is 17.4. The van der Waals surface area contributed by atoms with E-state index in [-0.39, 0.29) is 12.3 Å². The normalized spacial score (nSPS) is 20.9. The first-order chi connectivity index (χ1) is 11.6. The van der Waals surface area contributed by atoms with Crippen LogP contribution < -0.4 is 5.32 Å². The maximum Gasteiger partial charge on any atom is 0.223 e. The maximum absolute atomic E-state index is 12.2. The summed E-state index contributed by atoms with van der Waals surface area (Å²) in [5.41, 5.74) is 1.73. The predicted octanol–water partition coefficient (Wildman–Crippen LogP) is 2.98. The lowest BCUT2D eigenvalue weighted by molar-refractivity contribution is -0.126. The molecule has 0 spiro atoms. The van der Waals surface area contributed by atoms with Gasteiger partial charge in [-0.2, -0.15) is 0 Å². The minimum absolute atomic E-state index is 0.0350. The lowest BCUT2D eigenvalue weighted by Crippen LogP contribution is -2.34. The van der Waals surface area contributed by atoms with Gasteiger partial charge in [-0.15, -0.1) is 0 Å². The molecule has 24 heavy (non-hydrogen) atoms. The van der Waals surface area contributed by atoms with Gasteiger partial charge in [-0.05, 0) is 49.9 Å². The van der Waals surface area contributed by atoms with Gasteiger partial charge in [0, 0.05) is 13.1 Å². The number of hydrogen-bond donors (Lipinski definition) is 2. The molecule has 1 heterocycles. The molecule has 2 fully saturated rings. The number of nitrogens with one attached hydrogen (secondary N) is 1. The van der Waals surface area contributed by atoms with Gasteiger partial charge in [-0.25, -0.2) is 0 Å². The molecule has 2 N–H and O–H groups in total. The van der Waals surface area contributed by atoms with Crippen LogP contribution in [-0.4, -0.2) is 34.6 Å². The van der Waals surface area contributed by atoms with E-state index < -0.39 is 5.60 Å². The molecule has 0 radical (unpaired) electrons. The predicted molar refractivity (Wildman–Crippen MR) is 95.5 cm³/mol. The standard InChI is InChI=1S/C20H30N2O2/c23-19(14-20(24)10-4-5-11-20)21-15-17-8-2-3-9-18(17)16-22-12-6-1-7-13-22/h2-3,8-9,24H,1,4-7,10-16H2,(H,21,23). The highest BCUT2D eigenvalue weighted by atomic mass is 16.3. The van der Waals surface area contributed by atoms with Gasteiger partial charge in [0.15, 0.2) is 0 Å². The van der Waals surface area contributed by atoms with Crippen molar-refractivity contribution in [1.82, 2.24) is 10.2 Å². The number of rotatable bonds is 6. The quantitative estimate of drug-likeness (QED) is 0.843. The molecule has 1 saturated carbocycles. The van der Waals surface area contributed by atoms with Gasteiger partial charge < -0.3 is 10.4 Å². The first-order valence-corrected chi connectivity index (χ1v) is 9.43. The average Bonchev–Trinajstić information content (AvgIpc) is 3.01. The number of nitrogens with zero attached hydrogens (tertiary/aromatic N) is 1. The van der Waals surface area contributed by atoms with Gasteiger partial charge in [-0.1, -0.05) is 43.5 Å². The van der Waals surface area contributed by atoms with Crippen LogP contribution in [0.3, 0.4) is 0 Å². The monoisotopic (exact) mass is 330 g/mol. The molecule has 132 valence electrons. The summed E-state index contributed by atoms with van der Waals surface area (Å²) in [4.78, 5) is 14.7. The highest BCUT2D eigenvalue weighted by Crippen LogP contribution is 2.32.